The van der Waals surface area contributed by atoms with Crippen LogP contribution in [0.4, 0.5) is 5.69 Å². The molecule has 0 radical (unpaired) electrons. The van der Waals surface area contributed by atoms with Gasteiger partial charge in [-0.3, -0.25) is 0 Å². The second-order valence-corrected chi connectivity index (χ2v) is 6.53. The summed E-state index contributed by atoms with van der Waals surface area (Å²) in [6, 6.07) is 25.9. The summed E-state index contributed by atoms with van der Waals surface area (Å²) in [6.45, 7) is 0.879. The molecule has 0 bridgehead atoms. The Hall–Kier alpha value is -3.20. The Morgan fingerprint density at radius 1 is 0.720 bits per heavy atom. The van der Waals surface area contributed by atoms with E-state index in [9.17, 15) is 0 Å². The zero-order valence-corrected chi connectivity index (χ0v) is 14.1. The molecule has 0 N–H and O–H groups in total. The largest absolute Gasteiger partial charge is 0.361 e. The third-order valence-electron chi connectivity index (χ3n) is 4.88. The van der Waals surface area contributed by atoms with Gasteiger partial charge in [0.05, 0.1) is 23.4 Å². The van der Waals surface area contributed by atoms with Crippen LogP contribution in [0.1, 0.15) is 0 Å². The van der Waals surface area contributed by atoms with Gasteiger partial charge in [-0.1, -0.05) is 42.5 Å². The van der Waals surface area contributed by atoms with Gasteiger partial charge in [0, 0.05) is 35.9 Å². The fourth-order valence-electron chi connectivity index (χ4n) is 3.78. The van der Waals surface area contributed by atoms with Gasteiger partial charge in [-0.2, -0.15) is 0 Å². The Bertz CT molecular complexity index is 1090. The number of hydrogen-bond donors (Lipinski definition) is 0. The van der Waals surface area contributed by atoms with Gasteiger partial charge in [-0.15, -0.1) is 0 Å². The molecule has 25 heavy (non-hydrogen) atoms. The summed E-state index contributed by atoms with van der Waals surface area (Å²) in [4.78, 5) is 4.50. The van der Waals surface area contributed by atoms with Crippen molar-refractivity contribution in [3.05, 3.63) is 85.2 Å². The minimum Gasteiger partial charge on any atom is -0.361 e. The molecule has 1 aromatic heterocycles. The zero-order chi connectivity index (χ0) is 16.8. The molecule has 1 aliphatic heterocycles. The maximum Gasteiger partial charge on any atom is 0.0939 e. The molecule has 3 nitrogen and oxygen atoms in total. The molecule has 0 unspecified atom stereocenters. The molecule has 4 aromatic rings. The van der Waals surface area contributed by atoms with Crippen LogP contribution in [0.25, 0.3) is 27.5 Å². The minimum atomic E-state index is 0.879. The molecule has 3 heteroatoms. The van der Waals surface area contributed by atoms with Crippen molar-refractivity contribution in [1.29, 1.82) is 0 Å². The molecule has 0 aliphatic carbocycles. The topological polar surface area (TPSA) is 11.4 Å². The van der Waals surface area contributed by atoms with E-state index in [-0.39, 0.29) is 0 Å². The second kappa shape index (κ2) is 5.42. The van der Waals surface area contributed by atoms with E-state index in [1.165, 1.54) is 33.2 Å². The van der Waals surface area contributed by atoms with Crippen molar-refractivity contribution in [2.75, 3.05) is 18.6 Å². The Morgan fingerprint density at radius 3 is 2.28 bits per heavy atom. The molecule has 122 valence electrons. The molecular weight excluding hydrogens is 306 g/mol. The van der Waals surface area contributed by atoms with Crippen molar-refractivity contribution in [2.24, 2.45) is 0 Å². The zero-order valence-electron chi connectivity index (χ0n) is 14.1. The molecular formula is C22H19N3. The molecule has 1 aliphatic rings. The van der Waals surface area contributed by atoms with Crippen molar-refractivity contribution >= 4 is 27.5 Å². The summed E-state index contributed by atoms with van der Waals surface area (Å²) in [5.41, 5.74) is 4.93. The lowest BCUT2D eigenvalue weighted by Gasteiger charge is -2.19. The fraction of sp³-hybridized carbons (Fsp3) is 0.0909. The van der Waals surface area contributed by atoms with Crippen molar-refractivity contribution in [3.8, 4) is 5.69 Å². The molecule has 0 fully saturated rings. The first-order chi connectivity index (χ1) is 12.3. The van der Waals surface area contributed by atoms with E-state index in [1.54, 1.807) is 0 Å². The van der Waals surface area contributed by atoms with Gasteiger partial charge in [0.25, 0.3) is 0 Å². The van der Waals surface area contributed by atoms with E-state index in [0.29, 0.717) is 0 Å². The van der Waals surface area contributed by atoms with Crippen molar-refractivity contribution in [3.63, 3.8) is 0 Å². The molecule has 0 atom stereocenters. The number of hydrogen-bond acceptors (Lipinski definition) is 2. The first-order valence-corrected chi connectivity index (χ1v) is 8.56. The van der Waals surface area contributed by atoms with Crippen LogP contribution in [0, 0.1) is 0 Å². The van der Waals surface area contributed by atoms with Crippen molar-refractivity contribution in [2.45, 2.75) is 0 Å². The van der Waals surface area contributed by atoms with Crippen LogP contribution in [0.2, 0.25) is 0 Å². The van der Waals surface area contributed by atoms with Gasteiger partial charge in [-0.25, -0.2) is 0 Å². The summed E-state index contributed by atoms with van der Waals surface area (Å²) < 4.78 is 2.36. The lowest BCUT2D eigenvalue weighted by atomic mass is 10.1. The predicted molar refractivity (Wildman–Crippen MR) is 105 cm³/mol. The van der Waals surface area contributed by atoms with Gasteiger partial charge in [0.15, 0.2) is 0 Å². The Balaban J connectivity index is 1.88. The smallest absolute Gasteiger partial charge is 0.0939 e. The summed E-state index contributed by atoms with van der Waals surface area (Å²) in [5, 5.41) is 2.60. The van der Waals surface area contributed by atoms with Crippen molar-refractivity contribution < 1.29 is 0 Å². The highest BCUT2D eigenvalue weighted by molar-refractivity contribution is 6.15. The highest BCUT2D eigenvalue weighted by Gasteiger charge is 2.19. The lowest BCUT2D eigenvalue weighted by Crippen LogP contribution is -2.21. The average Bonchev–Trinajstić information content (AvgIpc) is 3.23. The maximum atomic E-state index is 2.36. The summed E-state index contributed by atoms with van der Waals surface area (Å²) in [6.07, 6.45) is 4.28. The molecule has 0 saturated carbocycles. The Morgan fingerprint density at radius 2 is 1.48 bits per heavy atom. The van der Waals surface area contributed by atoms with Gasteiger partial charge in [0.1, 0.15) is 0 Å². The van der Waals surface area contributed by atoms with E-state index >= 15 is 0 Å². The molecule has 2 heterocycles. The maximum absolute atomic E-state index is 2.36. The molecule has 5 rings (SSSR count). The minimum absolute atomic E-state index is 0.879. The monoisotopic (exact) mass is 325 g/mol. The number of rotatable bonds is 2. The highest BCUT2D eigenvalue weighted by atomic mass is 15.3. The molecule has 0 saturated heterocycles. The number of nitrogens with zero attached hydrogens (tertiary/aromatic N) is 3. The summed E-state index contributed by atoms with van der Waals surface area (Å²) in [5.74, 6) is 0. The Labute approximate surface area is 147 Å². The van der Waals surface area contributed by atoms with E-state index in [2.05, 4.69) is 107 Å². The van der Waals surface area contributed by atoms with Crippen LogP contribution in [-0.4, -0.2) is 23.2 Å². The quantitative estimate of drug-likeness (QED) is 0.516. The van der Waals surface area contributed by atoms with Crippen LogP contribution < -0.4 is 4.90 Å². The van der Waals surface area contributed by atoms with E-state index < -0.39 is 0 Å². The third-order valence-corrected chi connectivity index (χ3v) is 4.88. The van der Waals surface area contributed by atoms with E-state index in [0.717, 1.165) is 6.67 Å². The van der Waals surface area contributed by atoms with Crippen LogP contribution in [0.5, 0.6) is 0 Å². The van der Waals surface area contributed by atoms with Gasteiger partial charge >= 0.3 is 0 Å². The lowest BCUT2D eigenvalue weighted by molar-refractivity contribution is 0.496. The first-order valence-electron chi connectivity index (χ1n) is 8.56. The second-order valence-electron chi connectivity index (χ2n) is 6.53. The van der Waals surface area contributed by atoms with Crippen LogP contribution >= 0.6 is 0 Å². The number of fused-ring (bicyclic) bond motifs is 3. The SMILES string of the molecule is CN1C=CN(c2cccc3c2c2ccccc2n3-c2ccccc2)C1. The van der Waals surface area contributed by atoms with Gasteiger partial charge < -0.3 is 14.4 Å². The number of para-hydroxylation sites is 2. The number of benzene rings is 3. The molecule has 0 amide bonds. The standard InChI is InChI=1S/C22H19N3/c1-23-14-15-24(16-23)20-12-7-13-21-22(20)18-10-5-6-11-19(18)25(21)17-8-3-2-4-9-17/h2-15H,16H2,1H3. The molecule has 3 aromatic carbocycles. The van der Waals surface area contributed by atoms with Crippen LogP contribution in [0.15, 0.2) is 85.2 Å². The van der Waals surface area contributed by atoms with Gasteiger partial charge in [0.2, 0.25) is 0 Å². The summed E-state index contributed by atoms with van der Waals surface area (Å²) in [7, 11) is 2.10. The highest BCUT2D eigenvalue weighted by Crippen LogP contribution is 2.38. The Kier molecular flexibility index (Phi) is 3.07. The van der Waals surface area contributed by atoms with E-state index in [4.69, 9.17) is 0 Å². The molecule has 0 spiro atoms. The van der Waals surface area contributed by atoms with Crippen LogP contribution in [0.3, 0.4) is 0 Å². The average molecular weight is 325 g/mol. The van der Waals surface area contributed by atoms with Gasteiger partial charge in [-0.05, 0) is 30.3 Å². The predicted octanol–water partition coefficient (Wildman–Crippen LogP) is 4.96. The number of anilines is 1. The first kappa shape index (κ1) is 14.2. The van der Waals surface area contributed by atoms with Crippen molar-refractivity contribution in [1.82, 2.24) is 9.47 Å². The van der Waals surface area contributed by atoms with Crippen LogP contribution in [-0.2, 0) is 0 Å². The third kappa shape index (κ3) is 2.13. The number of aromatic nitrogens is 1. The normalized spacial score (nSPS) is 14.1. The van der Waals surface area contributed by atoms with E-state index in [1.807, 2.05) is 0 Å². The fourth-order valence-corrected chi connectivity index (χ4v) is 3.78. The summed E-state index contributed by atoms with van der Waals surface area (Å²) >= 11 is 0.